The molecule has 2 rings (SSSR count). The Morgan fingerprint density at radius 3 is 2.90 bits per heavy atom. The lowest BCUT2D eigenvalue weighted by Crippen LogP contribution is -2.30. The van der Waals surface area contributed by atoms with Crippen molar-refractivity contribution in [2.24, 2.45) is 5.73 Å². The van der Waals surface area contributed by atoms with E-state index in [1.165, 1.54) is 11.1 Å². The number of halogens is 1. The number of unbranched alkanes of at least 4 members (excludes halogenated alkanes) is 1. The normalized spacial score (nSPS) is 17.9. The summed E-state index contributed by atoms with van der Waals surface area (Å²) in [5.41, 5.74) is 8.02. The Bertz CT molecular complexity index is 436. The summed E-state index contributed by atoms with van der Waals surface area (Å²) in [6, 6.07) is 8.82. The molecular formula is C16H25ClN2O. The number of nitrogens with zero attached hydrogens (tertiary/aromatic N) is 1. The standard InChI is InChI=1S/C16H24N2O.ClH/c1-13-6-4-7-14(12-13)15-8-5-11-18(15)16(19)9-2-3-10-17;/h4,6-7,12,15H,2-3,5,8-11,17H2,1H3;1H. The van der Waals surface area contributed by atoms with Gasteiger partial charge >= 0.3 is 0 Å². The van der Waals surface area contributed by atoms with E-state index in [0.29, 0.717) is 13.0 Å². The second kappa shape index (κ2) is 8.28. The van der Waals surface area contributed by atoms with Crippen molar-refractivity contribution in [3.05, 3.63) is 35.4 Å². The Morgan fingerprint density at radius 2 is 2.20 bits per heavy atom. The monoisotopic (exact) mass is 296 g/mol. The van der Waals surface area contributed by atoms with Gasteiger partial charge in [0.05, 0.1) is 6.04 Å². The van der Waals surface area contributed by atoms with Crippen molar-refractivity contribution in [2.45, 2.75) is 45.1 Å². The second-order valence-electron chi connectivity index (χ2n) is 5.41. The molecule has 0 aromatic heterocycles. The summed E-state index contributed by atoms with van der Waals surface area (Å²) >= 11 is 0. The van der Waals surface area contributed by atoms with Gasteiger partial charge in [-0.2, -0.15) is 0 Å². The molecule has 1 amide bonds. The number of amides is 1. The third kappa shape index (κ3) is 4.22. The SMILES string of the molecule is Cc1cccc(C2CCCN2C(=O)CCCCN)c1.Cl. The first-order chi connectivity index (χ1) is 9.22. The average Bonchev–Trinajstić information content (AvgIpc) is 2.88. The van der Waals surface area contributed by atoms with E-state index in [1.807, 2.05) is 0 Å². The van der Waals surface area contributed by atoms with Crippen LogP contribution in [0, 0.1) is 6.92 Å². The van der Waals surface area contributed by atoms with Gasteiger partial charge < -0.3 is 10.6 Å². The van der Waals surface area contributed by atoms with Gasteiger partial charge in [0.2, 0.25) is 5.91 Å². The number of rotatable bonds is 5. The van der Waals surface area contributed by atoms with Gasteiger partial charge in [-0.1, -0.05) is 29.8 Å². The predicted molar refractivity (Wildman–Crippen MR) is 85.0 cm³/mol. The minimum atomic E-state index is 0. The van der Waals surface area contributed by atoms with Crippen molar-refractivity contribution in [3.63, 3.8) is 0 Å². The molecule has 112 valence electrons. The molecule has 1 unspecified atom stereocenters. The molecule has 1 aromatic carbocycles. The summed E-state index contributed by atoms with van der Waals surface area (Å²) in [5.74, 6) is 0.289. The minimum Gasteiger partial charge on any atom is -0.336 e. The molecule has 0 saturated carbocycles. The van der Waals surface area contributed by atoms with Crippen molar-refractivity contribution in [2.75, 3.05) is 13.1 Å². The maximum absolute atomic E-state index is 12.3. The molecule has 1 saturated heterocycles. The second-order valence-corrected chi connectivity index (χ2v) is 5.41. The Hall–Kier alpha value is -1.06. The van der Waals surface area contributed by atoms with Gasteiger partial charge in [-0.25, -0.2) is 0 Å². The Morgan fingerprint density at radius 1 is 1.40 bits per heavy atom. The van der Waals surface area contributed by atoms with E-state index in [0.717, 1.165) is 32.2 Å². The number of nitrogens with two attached hydrogens (primary N) is 1. The van der Waals surface area contributed by atoms with Crippen LogP contribution in [-0.4, -0.2) is 23.9 Å². The average molecular weight is 297 g/mol. The molecule has 1 atom stereocenters. The van der Waals surface area contributed by atoms with Crippen LogP contribution < -0.4 is 5.73 Å². The van der Waals surface area contributed by atoms with Gasteiger partial charge in [-0.05, 0) is 44.7 Å². The van der Waals surface area contributed by atoms with Crippen LogP contribution in [0.5, 0.6) is 0 Å². The molecule has 0 aliphatic carbocycles. The van der Waals surface area contributed by atoms with E-state index >= 15 is 0 Å². The van der Waals surface area contributed by atoms with E-state index in [-0.39, 0.29) is 24.4 Å². The lowest BCUT2D eigenvalue weighted by atomic mass is 10.0. The Balaban J connectivity index is 0.00000200. The third-order valence-electron chi connectivity index (χ3n) is 3.84. The molecule has 1 aromatic rings. The highest BCUT2D eigenvalue weighted by Crippen LogP contribution is 2.32. The number of likely N-dealkylation sites (tertiary alicyclic amines) is 1. The van der Waals surface area contributed by atoms with Crippen LogP contribution in [-0.2, 0) is 4.79 Å². The van der Waals surface area contributed by atoms with Gasteiger partial charge in [-0.3, -0.25) is 4.79 Å². The Labute approximate surface area is 127 Å². The zero-order chi connectivity index (χ0) is 13.7. The van der Waals surface area contributed by atoms with Crippen molar-refractivity contribution in [1.29, 1.82) is 0 Å². The van der Waals surface area contributed by atoms with Crippen LogP contribution in [0.3, 0.4) is 0 Å². The molecular weight excluding hydrogens is 272 g/mol. The summed E-state index contributed by atoms with van der Waals surface area (Å²) < 4.78 is 0. The molecule has 1 aliphatic heterocycles. The van der Waals surface area contributed by atoms with Crippen LogP contribution in [0.4, 0.5) is 0 Å². The fraction of sp³-hybridized carbons (Fsp3) is 0.562. The highest BCUT2D eigenvalue weighted by atomic mass is 35.5. The number of carbonyl (C=O) groups is 1. The first kappa shape index (κ1) is 17.0. The smallest absolute Gasteiger partial charge is 0.223 e. The van der Waals surface area contributed by atoms with E-state index in [1.54, 1.807) is 0 Å². The molecule has 2 N–H and O–H groups in total. The highest BCUT2D eigenvalue weighted by Gasteiger charge is 2.29. The van der Waals surface area contributed by atoms with Gasteiger partial charge in [-0.15, -0.1) is 12.4 Å². The van der Waals surface area contributed by atoms with Crippen LogP contribution >= 0.6 is 12.4 Å². The minimum absolute atomic E-state index is 0. The van der Waals surface area contributed by atoms with Crippen molar-refractivity contribution >= 4 is 18.3 Å². The van der Waals surface area contributed by atoms with Crippen LogP contribution in [0.15, 0.2) is 24.3 Å². The fourth-order valence-corrected chi connectivity index (χ4v) is 2.85. The number of benzene rings is 1. The van der Waals surface area contributed by atoms with Crippen LogP contribution in [0.2, 0.25) is 0 Å². The molecule has 0 spiro atoms. The first-order valence-corrected chi connectivity index (χ1v) is 7.28. The molecule has 0 radical (unpaired) electrons. The van der Waals surface area contributed by atoms with E-state index in [9.17, 15) is 4.79 Å². The predicted octanol–water partition coefficient (Wildman–Crippen LogP) is 3.21. The van der Waals surface area contributed by atoms with Gasteiger partial charge in [0.25, 0.3) is 0 Å². The maximum atomic E-state index is 12.3. The molecule has 1 heterocycles. The topological polar surface area (TPSA) is 46.3 Å². The molecule has 20 heavy (non-hydrogen) atoms. The summed E-state index contributed by atoms with van der Waals surface area (Å²) in [7, 11) is 0. The molecule has 0 bridgehead atoms. The lowest BCUT2D eigenvalue weighted by molar-refractivity contribution is -0.132. The number of hydrogen-bond donors (Lipinski definition) is 1. The zero-order valence-corrected chi connectivity index (χ0v) is 13.0. The third-order valence-corrected chi connectivity index (χ3v) is 3.84. The lowest BCUT2D eigenvalue weighted by Gasteiger charge is -2.25. The van der Waals surface area contributed by atoms with Gasteiger partial charge in [0.1, 0.15) is 0 Å². The summed E-state index contributed by atoms with van der Waals surface area (Å²) in [4.78, 5) is 14.3. The highest BCUT2D eigenvalue weighted by molar-refractivity contribution is 5.85. The number of hydrogen-bond acceptors (Lipinski definition) is 2. The fourth-order valence-electron chi connectivity index (χ4n) is 2.85. The molecule has 3 nitrogen and oxygen atoms in total. The largest absolute Gasteiger partial charge is 0.336 e. The molecule has 1 aliphatic rings. The summed E-state index contributed by atoms with van der Waals surface area (Å²) in [6.45, 7) is 3.68. The van der Waals surface area contributed by atoms with E-state index in [2.05, 4.69) is 36.1 Å². The quantitative estimate of drug-likeness (QED) is 0.848. The molecule has 1 fully saturated rings. The first-order valence-electron chi connectivity index (χ1n) is 7.28. The van der Waals surface area contributed by atoms with E-state index < -0.39 is 0 Å². The number of aryl methyl sites for hydroxylation is 1. The Kier molecular flexibility index (Phi) is 7.03. The van der Waals surface area contributed by atoms with Crippen molar-refractivity contribution in [1.82, 2.24) is 4.90 Å². The van der Waals surface area contributed by atoms with Crippen molar-refractivity contribution < 1.29 is 4.79 Å². The number of carbonyl (C=O) groups excluding carboxylic acids is 1. The van der Waals surface area contributed by atoms with Crippen LogP contribution in [0.1, 0.15) is 49.3 Å². The van der Waals surface area contributed by atoms with Crippen LogP contribution in [0.25, 0.3) is 0 Å². The zero-order valence-electron chi connectivity index (χ0n) is 12.2. The maximum Gasteiger partial charge on any atom is 0.223 e. The molecule has 4 heteroatoms. The summed E-state index contributed by atoms with van der Waals surface area (Å²) in [6.07, 6.45) is 4.69. The van der Waals surface area contributed by atoms with Gasteiger partial charge in [0.15, 0.2) is 0 Å². The summed E-state index contributed by atoms with van der Waals surface area (Å²) in [5, 5.41) is 0. The van der Waals surface area contributed by atoms with Gasteiger partial charge in [0, 0.05) is 13.0 Å². The van der Waals surface area contributed by atoms with Crippen molar-refractivity contribution in [3.8, 4) is 0 Å². The van der Waals surface area contributed by atoms with E-state index in [4.69, 9.17) is 5.73 Å².